The van der Waals surface area contributed by atoms with Crippen LogP contribution in [0.2, 0.25) is 0 Å². The Morgan fingerprint density at radius 2 is 2.11 bits per heavy atom. The second-order valence-electron chi connectivity index (χ2n) is 3.25. The fraction of sp³-hybridized carbons (Fsp3) is 0.200. The number of aromatic carboxylic acids is 1. The van der Waals surface area contributed by atoms with Crippen molar-refractivity contribution in [2.24, 2.45) is 0 Å². The van der Waals surface area contributed by atoms with Crippen LogP contribution in [0.4, 0.5) is 0 Å². The molecule has 0 spiro atoms. The minimum absolute atomic E-state index is 0.225. The molecule has 0 aliphatic heterocycles. The summed E-state index contributed by atoms with van der Waals surface area (Å²) in [5.74, 6) is -0.974. The van der Waals surface area contributed by atoms with E-state index in [1.165, 1.54) is 34.9 Å². The lowest BCUT2D eigenvalue weighted by Gasteiger charge is -2.04. The number of nitrogens with zero attached hydrogens (tertiary/aromatic N) is 3. The summed E-state index contributed by atoms with van der Waals surface area (Å²) in [5, 5.41) is 17.6. The van der Waals surface area contributed by atoms with E-state index < -0.39 is 5.97 Å². The molecule has 0 saturated heterocycles. The Labute approximate surface area is 116 Å². The molecule has 0 saturated carbocycles. The first kappa shape index (κ1) is 13.3. The highest BCUT2D eigenvalue weighted by Crippen LogP contribution is 2.34. The summed E-state index contributed by atoms with van der Waals surface area (Å²) in [6.45, 7) is 1.75. The maximum atomic E-state index is 11.2. The van der Waals surface area contributed by atoms with Crippen molar-refractivity contribution >= 4 is 40.8 Å². The predicted octanol–water partition coefficient (Wildman–Crippen LogP) is 2.81. The first-order chi connectivity index (χ1) is 8.61. The highest BCUT2D eigenvalue weighted by Gasteiger charge is 2.17. The standard InChI is InChI=1S/C10H9N3O2S3/c1-5-3-4-11-7(6(5)8(14)15)17-10-13-12-9(16-2)18-10/h3-4H,1-2H3,(H,14,15). The zero-order valence-electron chi connectivity index (χ0n) is 9.58. The van der Waals surface area contributed by atoms with Gasteiger partial charge >= 0.3 is 5.97 Å². The van der Waals surface area contributed by atoms with Gasteiger partial charge < -0.3 is 5.11 Å². The average Bonchev–Trinajstić information content (AvgIpc) is 2.76. The summed E-state index contributed by atoms with van der Waals surface area (Å²) in [5.41, 5.74) is 0.915. The number of pyridine rings is 1. The predicted molar refractivity (Wildman–Crippen MR) is 71.7 cm³/mol. The van der Waals surface area contributed by atoms with Crippen molar-refractivity contribution in [1.82, 2.24) is 15.2 Å². The molecule has 18 heavy (non-hydrogen) atoms. The van der Waals surface area contributed by atoms with Gasteiger partial charge in [0.15, 0.2) is 8.68 Å². The minimum Gasteiger partial charge on any atom is -0.478 e. The van der Waals surface area contributed by atoms with Crippen LogP contribution < -0.4 is 0 Å². The van der Waals surface area contributed by atoms with Gasteiger partial charge in [-0.1, -0.05) is 23.1 Å². The second-order valence-corrected chi connectivity index (χ2v) is 6.52. The number of carboxylic acids is 1. The highest BCUT2D eigenvalue weighted by atomic mass is 32.2. The van der Waals surface area contributed by atoms with Crippen molar-refractivity contribution in [2.75, 3.05) is 6.26 Å². The minimum atomic E-state index is -0.974. The lowest BCUT2D eigenvalue weighted by molar-refractivity contribution is 0.0691. The number of hydrogen-bond acceptors (Lipinski definition) is 7. The van der Waals surface area contributed by atoms with Crippen LogP contribution in [0.15, 0.2) is 26.0 Å². The first-order valence-corrected chi connectivity index (χ1v) is 7.72. The Morgan fingerprint density at radius 3 is 2.72 bits per heavy atom. The van der Waals surface area contributed by atoms with Gasteiger partial charge in [0.05, 0.1) is 5.56 Å². The van der Waals surface area contributed by atoms with Crippen molar-refractivity contribution in [2.45, 2.75) is 20.6 Å². The third-order valence-electron chi connectivity index (χ3n) is 2.08. The number of rotatable bonds is 4. The highest BCUT2D eigenvalue weighted by molar-refractivity contribution is 8.03. The Kier molecular flexibility index (Phi) is 4.20. The van der Waals surface area contributed by atoms with Crippen molar-refractivity contribution in [3.05, 3.63) is 23.4 Å². The van der Waals surface area contributed by atoms with Crippen molar-refractivity contribution < 1.29 is 9.90 Å². The quantitative estimate of drug-likeness (QED) is 0.870. The molecule has 0 aliphatic rings. The van der Waals surface area contributed by atoms with Crippen LogP contribution >= 0.6 is 34.9 Å². The molecule has 0 atom stereocenters. The first-order valence-electron chi connectivity index (χ1n) is 4.86. The van der Waals surface area contributed by atoms with Crippen LogP contribution in [0.1, 0.15) is 15.9 Å². The molecule has 0 unspecified atom stereocenters. The topological polar surface area (TPSA) is 76.0 Å². The van der Waals surface area contributed by atoms with Crippen LogP contribution in [0.3, 0.4) is 0 Å². The van der Waals surface area contributed by atoms with Gasteiger partial charge in [0.1, 0.15) is 5.03 Å². The van der Waals surface area contributed by atoms with Crippen molar-refractivity contribution in [1.29, 1.82) is 0 Å². The lowest BCUT2D eigenvalue weighted by Crippen LogP contribution is -2.03. The van der Waals surface area contributed by atoms with Crippen LogP contribution in [0, 0.1) is 6.92 Å². The summed E-state index contributed by atoms with van der Waals surface area (Å²) in [7, 11) is 0. The molecule has 8 heteroatoms. The fourth-order valence-electron chi connectivity index (χ4n) is 1.27. The van der Waals surface area contributed by atoms with Gasteiger partial charge in [0, 0.05) is 6.20 Å². The molecule has 0 bridgehead atoms. The molecule has 94 valence electrons. The molecule has 2 aromatic heterocycles. The van der Waals surface area contributed by atoms with Crippen LogP contribution in [0.5, 0.6) is 0 Å². The van der Waals surface area contributed by atoms with Gasteiger partial charge in [-0.25, -0.2) is 9.78 Å². The Morgan fingerprint density at radius 1 is 1.39 bits per heavy atom. The van der Waals surface area contributed by atoms with E-state index in [2.05, 4.69) is 15.2 Å². The van der Waals surface area contributed by atoms with Gasteiger partial charge in [-0.2, -0.15) is 0 Å². The molecule has 2 aromatic rings. The van der Waals surface area contributed by atoms with E-state index in [1.807, 2.05) is 6.26 Å². The number of hydrogen-bond donors (Lipinski definition) is 1. The van der Waals surface area contributed by atoms with Gasteiger partial charge in [0.25, 0.3) is 0 Å². The van der Waals surface area contributed by atoms with E-state index in [4.69, 9.17) is 0 Å². The molecule has 0 amide bonds. The van der Waals surface area contributed by atoms with E-state index in [9.17, 15) is 9.90 Å². The summed E-state index contributed by atoms with van der Waals surface area (Å²) in [6.07, 6.45) is 3.52. The normalized spacial score (nSPS) is 10.6. The Hall–Kier alpha value is -1.12. The van der Waals surface area contributed by atoms with E-state index in [0.717, 1.165) is 4.34 Å². The molecule has 5 nitrogen and oxygen atoms in total. The molecule has 0 aromatic carbocycles. The molecule has 1 N–H and O–H groups in total. The van der Waals surface area contributed by atoms with Crippen LogP contribution in [-0.2, 0) is 0 Å². The third kappa shape index (κ3) is 2.82. The van der Waals surface area contributed by atoms with Gasteiger partial charge in [0.2, 0.25) is 0 Å². The molecule has 2 rings (SSSR count). The van der Waals surface area contributed by atoms with E-state index >= 15 is 0 Å². The number of thioether (sulfide) groups is 1. The molecule has 0 aliphatic carbocycles. The maximum absolute atomic E-state index is 11.2. The third-order valence-corrected chi connectivity index (χ3v) is 5.04. The molecule has 0 radical (unpaired) electrons. The molecular formula is C10H9N3O2S3. The molecule has 2 heterocycles. The van der Waals surface area contributed by atoms with Gasteiger partial charge in [-0.15, -0.1) is 10.2 Å². The van der Waals surface area contributed by atoms with Crippen molar-refractivity contribution in [3.8, 4) is 0 Å². The summed E-state index contributed by atoms with van der Waals surface area (Å²) in [6, 6.07) is 1.68. The number of aryl methyl sites for hydroxylation is 1. The number of carboxylic acid groups (broad SMARTS) is 1. The number of aromatic nitrogens is 3. The Balaban J connectivity index is 2.34. The average molecular weight is 299 g/mol. The van der Waals surface area contributed by atoms with Crippen LogP contribution in [-0.4, -0.2) is 32.5 Å². The largest absolute Gasteiger partial charge is 0.478 e. The number of carbonyl (C=O) groups is 1. The summed E-state index contributed by atoms with van der Waals surface area (Å²) >= 11 is 4.17. The summed E-state index contributed by atoms with van der Waals surface area (Å²) < 4.78 is 1.54. The van der Waals surface area contributed by atoms with E-state index in [1.54, 1.807) is 19.2 Å². The molecule has 0 fully saturated rings. The van der Waals surface area contributed by atoms with Gasteiger partial charge in [-0.05, 0) is 36.6 Å². The Bertz CT molecular complexity index is 585. The lowest BCUT2D eigenvalue weighted by atomic mass is 10.2. The zero-order valence-corrected chi connectivity index (χ0v) is 12.0. The molecular weight excluding hydrogens is 290 g/mol. The van der Waals surface area contributed by atoms with E-state index in [-0.39, 0.29) is 5.56 Å². The fourth-order valence-corrected chi connectivity index (χ4v) is 3.79. The van der Waals surface area contributed by atoms with E-state index in [0.29, 0.717) is 14.9 Å². The van der Waals surface area contributed by atoms with Crippen LogP contribution in [0.25, 0.3) is 0 Å². The van der Waals surface area contributed by atoms with Gasteiger partial charge in [-0.3, -0.25) is 0 Å². The monoisotopic (exact) mass is 299 g/mol. The van der Waals surface area contributed by atoms with Crippen molar-refractivity contribution in [3.63, 3.8) is 0 Å². The maximum Gasteiger partial charge on any atom is 0.338 e. The second kappa shape index (κ2) is 5.68. The SMILES string of the molecule is CSc1nnc(Sc2nccc(C)c2C(=O)O)s1. The smallest absolute Gasteiger partial charge is 0.338 e. The zero-order chi connectivity index (χ0) is 13.1. The summed E-state index contributed by atoms with van der Waals surface area (Å²) in [4.78, 5) is 15.3.